The summed E-state index contributed by atoms with van der Waals surface area (Å²) >= 11 is 8.53. The first-order valence-corrected chi connectivity index (χ1v) is 5.13. The minimum atomic E-state index is -0.768. The topological polar surface area (TPSA) is 26.3 Å². The highest BCUT2D eigenvalue weighted by Crippen LogP contribution is 2.16. The molecule has 0 bridgehead atoms. The molecule has 0 saturated heterocycles. The van der Waals surface area contributed by atoms with Gasteiger partial charge in [-0.1, -0.05) is 34.1 Å². The molecule has 0 radical (unpaired) electrons. The fraction of sp³-hybridized carbons (Fsp3) is 0.100. The van der Waals surface area contributed by atoms with Crippen LogP contribution in [0.2, 0.25) is 0 Å². The van der Waals surface area contributed by atoms with E-state index in [1.54, 1.807) is 0 Å². The Morgan fingerprint density at radius 2 is 2.27 bits per heavy atom. The predicted octanol–water partition coefficient (Wildman–Crippen LogP) is 3.50. The average molecular weight is 294 g/mol. The number of halogens is 3. The van der Waals surface area contributed by atoms with Crippen LogP contribution in [0.1, 0.15) is 10.4 Å². The molecule has 0 aliphatic heterocycles. The Labute approximate surface area is 99.8 Å². The van der Waals surface area contributed by atoms with E-state index in [-0.39, 0.29) is 17.2 Å². The molecular formula is C10H7BrClFO2. The van der Waals surface area contributed by atoms with Gasteiger partial charge in [-0.05, 0) is 18.2 Å². The number of ether oxygens (including phenoxy) is 1. The number of hydrogen-bond acceptors (Lipinski definition) is 2. The highest BCUT2D eigenvalue weighted by Gasteiger charge is 2.13. The van der Waals surface area contributed by atoms with E-state index in [2.05, 4.69) is 22.5 Å². The van der Waals surface area contributed by atoms with Crippen LogP contribution in [0.5, 0.6) is 0 Å². The highest BCUT2D eigenvalue weighted by atomic mass is 79.9. The van der Waals surface area contributed by atoms with Crippen molar-refractivity contribution in [2.24, 2.45) is 0 Å². The number of carbonyl (C=O) groups excluding carboxylic acids is 1. The minimum Gasteiger partial charge on any atom is -0.456 e. The van der Waals surface area contributed by atoms with Gasteiger partial charge < -0.3 is 4.74 Å². The number of benzene rings is 1. The van der Waals surface area contributed by atoms with Crippen molar-refractivity contribution in [2.45, 2.75) is 0 Å². The van der Waals surface area contributed by atoms with Gasteiger partial charge in [-0.3, -0.25) is 0 Å². The van der Waals surface area contributed by atoms with Gasteiger partial charge in [0.1, 0.15) is 12.4 Å². The van der Waals surface area contributed by atoms with Crippen molar-refractivity contribution in [2.75, 3.05) is 6.61 Å². The van der Waals surface area contributed by atoms with Crippen molar-refractivity contribution in [1.29, 1.82) is 0 Å². The maximum absolute atomic E-state index is 13.2. The van der Waals surface area contributed by atoms with E-state index >= 15 is 0 Å². The molecule has 2 nitrogen and oxygen atoms in total. The van der Waals surface area contributed by atoms with Crippen LogP contribution in [0.4, 0.5) is 4.39 Å². The lowest BCUT2D eigenvalue weighted by molar-refractivity contribution is 0.0541. The largest absolute Gasteiger partial charge is 0.456 e. The van der Waals surface area contributed by atoms with Gasteiger partial charge in [0, 0.05) is 9.51 Å². The zero-order valence-electron chi connectivity index (χ0n) is 7.60. The molecule has 0 aliphatic rings. The third kappa shape index (κ3) is 3.64. The summed E-state index contributed by atoms with van der Waals surface area (Å²) in [5.74, 6) is -1.40. The number of esters is 1. The maximum atomic E-state index is 13.2. The normalized spacial score (nSPS) is 9.80. The quantitative estimate of drug-likeness (QED) is 0.797. The van der Waals surface area contributed by atoms with Crippen LogP contribution in [0.15, 0.2) is 34.3 Å². The molecule has 0 saturated carbocycles. The number of hydrogen-bond donors (Lipinski definition) is 0. The molecule has 1 aromatic rings. The second-order valence-corrected chi connectivity index (χ2v) is 4.17. The van der Waals surface area contributed by atoms with E-state index in [1.807, 2.05) is 0 Å². The van der Waals surface area contributed by atoms with Crippen LogP contribution in [-0.2, 0) is 4.74 Å². The van der Waals surface area contributed by atoms with Crippen molar-refractivity contribution in [3.63, 3.8) is 0 Å². The molecular weight excluding hydrogens is 286 g/mol. The van der Waals surface area contributed by atoms with Gasteiger partial charge in [0.25, 0.3) is 0 Å². The lowest BCUT2D eigenvalue weighted by Crippen LogP contribution is -2.08. The molecule has 0 spiro atoms. The van der Waals surface area contributed by atoms with E-state index in [9.17, 15) is 9.18 Å². The van der Waals surface area contributed by atoms with Gasteiger partial charge in [0.05, 0.1) is 5.56 Å². The van der Waals surface area contributed by atoms with Gasteiger partial charge in [-0.25, -0.2) is 9.18 Å². The molecule has 1 aromatic carbocycles. The Morgan fingerprint density at radius 1 is 1.60 bits per heavy atom. The van der Waals surface area contributed by atoms with E-state index in [0.29, 0.717) is 4.47 Å². The third-order valence-electron chi connectivity index (χ3n) is 1.51. The Bertz CT molecular complexity index is 406. The third-order valence-corrected chi connectivity index (χ3v) is 2.11. The van der Waals surface area contributed by atoms with Crippen LogP contribution >= 0.6 is 27.5 Å². The Hall–Kier alpha value is -0.870. The summed E-state index contributed by atoms with van der Waals surface area (Å²) < 4.78 is 18.5. The minimum absolute atomic E-state index is 0.133. The zero-order chi connectivity index (χ0) is 11.4. The molecule has 0 aromatic heterocycles. The Kier molecular flexibility index (Phi) is 4.29. The van der Waals surface area contributed by atoms with E-state index in [1.165, 1.54) is 18.2 Å². The molecule has 80 valence electrons. The van der Waals surface area contributed by atoms with Crippen molar-refractivity contribution in [3.8, 4) is 0 Å². The van der Waals surface area contributed by atoms with E-state index in [0.717, 1.165) is 0 Å². The monoisotopic (exact) mass is 292 g/mol. The summed E-state index contributed by atoms with van der Waals surface area (Å²) in [5, 5.41) is 0.179. The van der Waals surface area contributed by atoms with E-state index in [4.69, 9.17) is 16.3 Å². The van der Waals surface area contributed by atoms with Crippen LogP contribution in [-0.4, -0.2) is 12.6 Å². The second-order valence-electron chi connectivity index (χ2n) is 2.72. The van der Waals surface area contributed by atoms with Crippen LogP contribution in [0.25, 0.3) is 0 Å². The Balaban J connectivity index is 2.81. The lowest BCUT2D eigenvalue weighted by atomic mass is 10.2. The fourth-order valence-electron chi connectivity index (χ4n) is 0.876. The molecule has 0 fully saturated rings. The molecule has 0 amide bonds. The van der Waals surface area contributed by atoms with Crippen LogP contribution < -0.4 is 0 Å². The Morgan fingerprint density at radius 3 is 2.87 bits per heavy atom. The summed E-state index contributed by atoms with van der Waals surface area (Å²) in [6.07, 6.45) is 0. The molecule has 15 heavy (non-hydrogen) atoms. The first-order chi connectivity index (χ1) is 7.00. The highest BCUT2D eigenvalue weighted by molar-refractivity contribution is 9.10. The van der Waals surface area contributed by atoms with E-state index < -0.39 is 11.8 Å². The SMILES string of the molecule is C=C(Cl)COC(=O)c1cc(Br)ccc1F. The van der Waals surface area contributed by atoms with Gasteiger partial charge >= 0.3 is 5.97 Å². The standard InChI is InChI=1S/C10H7BrClFO2/c1-6(12)5-15-10(14)8-4-7(11)2-3-9(8)13/h2-4H,1,5H2. The average Bonchev–Trinajstić information content (AvgIpc) is 2.18. The number of rotatable bonds is 3. The van der Waals surface area contributed by atoms with Crippen LogP contribution in [0, 0.1) is 5.82 Å². The summed E-state index contributed by atoms with van der Waals surface area (Å²) in [7, 11) is 0. The van der Waals surface area contributed by atoms with Crippen molar-refractivity contribution >= 4 is 33.5 Å². The molecule has 5 heteroatoms. The number of carbonyl (C=O) groups is 1. The predicted molar refractivity (Wildman–Crippen MR) is 59.4 cm³/mol. The van der Waals surface area contributed by atoms with Crippen molar-refractivity contribution in [3.05, 3.63) is 45.7 Å². The molecule has 0 aliphatic carbocycles. The molecule has 0 N–H and O–H groups in total. The van der Waals surface area contributed by atoms with Gasteiger partial charge in [0.2, 0.25) is 0 Å². The summed E-state index contributed by atoms with van der Waals surface area (Å²) in [4.78, 5) is 11.3. The zero-order valence-corrected chi connectivity index (χ0v) is 9.94. The molecule has 0 heterocycles. The van der Waals surface area contributed by atoms with Gasteiger partial charge in [0.15, 0.2) is 0 Å². The lowest BCUT2D eigenvalue weighted by Gasteiger charge is -2.04. The second kappa shape index (κ2) is 5.28. The molecule has 0 unspecified atom stereocenters. The molecule has 1 rings (SSSR count). The maximum Gasteiger partial charge on any atom is 0.341 e. The smallest absolute Gasteiger partial charge is 0.341 e. The van der Waals surface area contributed by atoms with Crippen molar-refractivity contribution in [1.82, 2.24) is 0 Å². The first-order valence-electron chi connectivity index (χ1n) is 3.96. The fourth-order valence-corrected chi connectivity index (χ4v) is 1.29. The summed E-state index contributed by atoms with van der Waals surface area (Å²) in [5.41, 5.74) is -0.137. The summed E-state index contributed by atoms with van der Waals surface area (Å²) in [6, 6.07) is 4.01. The first kappa shape index (κ1) is 12.2. The van der Waals surface area contributed by atoms with Gasteiger partial charge in [-0.15, -0.1) is 0 Å². The van der Waals surface area contributed by atoms with Gasteiger partial charge in [-0.2, -0.15) is 0 Å². The van der Waals surface area contributed by atoms with Crippen molar-refractivity contribution < 1.29 is 13.9 Å². The van der Waals surface area contributed by atoms with Crippen LogP contribution in [0.3, 0.4) is 0 Å². The summed E-state index contributed by atoms with van der Waals surface area (Å²) in [6.45, 7) is 3.21. The molecule has 0 atom stereocenters.